The van der Waals surface area contributed by atoms with Gasteiger partial charge in [-0.15, -0.1) is 0 Å². The Labute approximate surface area is 158 Å². The van der Waals surface area contributed by atoms with Crippen LogP contribution in [0, 0.1) is 5.92 Å². The molecule has 1 aromatic heterocycles. The molecule has 1 unspecified atom stereocenters. The van der Waals surface area contributed by atoms with Crippen LogP contribution in [0.5, 0.6) is 0 Å². The van der Waals surface area contributed by atoms with E-state index in [4.69, 9.17) is 0 Å². The van der Waals surface area contributed by atoms with E-state index in [0.29, 0.717) is 5.52 Å². The van der Waals surface area contributed by atoms with Gasteiger partial charge in [0, 0.05) is 11.8 Å². The monoisotopic (exact) mass is 405 g/mol. The van der Waals surface area contributed by atoms with Crippen LogP contribution in [0.25, 0.3) is 11.0 Å². The lowest BCUT2D eigenvalue weighted by molar-refractivity contribution is -0.137. The average Bonchev–Trinajstić information content (AvgIpc) is 2.99. The molecule has 0 aliphatic heterocycles. The highest BCUT2D eigenvalue weighted by atomic mass is 32.2. The molecule has 0 radical (unpaired) electrons. The van der Waals surface area contributed by atoms with E-state index in [0.717, 1.165) is 24.6 Å². The van der Waals surface area contributed by atoms with Crippen LogP contribution in [0.15, 0.2) is 23.0 Å². The molecule has 1 atom stereocenters. The maximum atomic E-state index is 12.2. The van der Waals surface area contributed by atoms with Crippen LogP contribution in [0.3, 0.4) is 0 Å². The summed E-state index contributed by atoms with van der Waals surface area (Å²) in [6.45, 7) is 4.93. The maximum absolute atomic E-state index is 12.2. The molecule has 0 saturated heterocycles. The molecule has 1 aliphatic rings. The van der Waals surface area contributed by atoms with Crippen LogP contribution >= 0.6 is 0 Å². The van der Waals surface area contributed by atoms with Crippen molar-refractivity contribution in [2.24, 2.45) is 5.92 Å². The third-order valence-corrected chi connectivity index (χ3v) is 5.82. The molecule has 1 aliphatic carbocycles. The molecule has 3 N–H and O–H groups in total. The maximum Gasteiger partial charge on any atom is 0.416 e. The van der Waals surface area contributed by atoms with Crippen molar-refractivity contribution in [3.05, 3.63) is 34.2 Å². The zero-order valence-electron chi connectivity index (χ0n) is 15.5. The molecule has 0 amide bonds. The Morgan fingerprint density at radius 2 is 1.78 bits per heavy atom. The second-order valence-electron chi connectivity index (χ2n) is 7.04. The number of aromatic amines is 2. The van der Waals surface area contributed by atoms with Crippen molar-refractivity contribution in [2.75, 3.05) is 6.54 Å². The highest BCUT2D eigenvalue weighted by Gasteiger charge is 2.30. The quantitative estimate of drug-likeness (QED) is 0.716. The zero-order chi connectivity index (χ0) is 20.0. The van der Waals surface area contributed by atoms with Crippen molar-refractivity contribution in [2.45, 2.75) is 57.4 Å². The van der Waals surface area contributed by atoms with Gasteiger partial charge in [0.1, 0.15) is 0 Å². The summed E-state index contributed by atoms with van der Waals surface area (Å²) in [7, 11) is -0.823. The molecule has 0 bridgehead atoms. The fraction of sp³-hybridized carbons (Fsp3) is 0.611. The van der Waals surface area contributed by atoms with Gasteiger partial charge in [-0.1, -0.05) is 19.3 Å². The van der Waals surface area contributed by atoms with Gasteiger partial charge in [0.05, 0.1) is 27.6 Å². The van der Waals surface area contributed by atoms with E-state index in [1.165, 1.54) is 38.2 Å². The third kappa shape index (κ3) is 6.80. The molecular formula is C18H26F3N3O2S. The lowest BCUT2D eigenvalue weighted by atomic mass is 9.90. The molecule has 1 aromatic carbocycles. The summed E-state index contributed by atoms with van der Waals surface area (Å²) in [6.07, 6.45) is 2.37. The number of hydrogen-bond donors (Lipinski definition) is 3. The SMILES string of the molecule is CC(C)S(=O)NCC1CCCCC1.O=c1[nH]c2ccc(C(F)(F)F)cc2[nH]1. The average molecular weight is 405 g/mol. The number of hydrogen-bond acceptors (Lipinski definition) is 2. The number of imidazole rings is 1. The smallest absolute Gasteiger partial charge is 0.306 e. The van der Waals surface area contributed by atoms with Crippen LogP contribution in [0.2, 0.25) is 0 Å². The Balaban J connectivity index is 0.000000194. The molecule has 27 heavy (non-hydrogen) atoms. The predicted molar refractivity (Wildman–Crippen MR) is 102 cm³/mol. The van der Waals surface area contributed by atoms with Gasteiger partial charge in [-0.3, -0.25) is 0 Å². The first-order valence-electron chi connectivity index (χ1n) is 9.10. The van der Waals surface area contributed by atoms with E-state index in [-0.39, 0.29) is 10.8 Å². The molecule has 9 heteroatoms. The minimum atomic E-state index is -4.39. The predicted octanol–water partition coefficient (Wildman–Crippen LogP) is 4.10. The van der Waals surface area contributed by atoms with E-state index in [1.807, 2.05) is 13.8 Å². The van der Waals surface area contributed by atoms with Gasteiger partial charge in [0.15, 0.2) is 0 Å². The van der Waals surface area contributed by atoms with Crippen molar-refractivity contribution in [1.29, 1.82) is 0 Å². The fourth-order valence-electron chi connectivity index (χ4n) is 2.97. The van der Waals surface area contributed by atoms with E-state index in [2.05, 4.69) is 14.7 Å². The minimum Gasteiger partial charge on any atom is -0.306 e. The van der Waals surface area contributed by atoms with Crippen LogP contribution in [0.1, 0.15) is 51.5 Å². The topological polar surface area (TPSA) is 77.8 Å². The van der Waals surface area contributed by atoms with Crippen molar-refractivity contribution in [3.63, 3.8) is 0 Å². The Bertz CT molecular complexity index is 808. The van der Waals surface area contributed by atoms with Crippen LogP contribution in [-0.2, 0) is 17.2 Å². The summed E-state index contributed by atoms with van der Waals surface area (Å²) >= 11 is 0. The van der Waals surface area contributed by atoms with Crippen LogP contribution in [-0.4, -0.2) is 26.0 Å². The van der Waals surface area contributed by atoms with Gasteiger partial charge in [-0.2, -0.15) is 13.2 Å². The third-order valence-electron chi connectivity index (χ3n) is 4.51. The normalized spacial score (nSPS) is 17.0. The van der Waals surface area contributed by atoms with Gasteiger partial charge < -0.3 is 9.97 Å². The summed E-state index contributed by atoms with van der Waals surface area (Å²) < 4.78 is 51.2. The van der Waals surface area contributed by atoms with Crippen molar-refractivity contribution < 1.29 is 17.4 Å². The second-order valence-corrected chi connectivity index (χ2v) is 8.86. The number of fused-ring (bicyclic) bond motifs is 1. The van der Waals surface area contributed by atoms with Crippen molar-refractivity contribution >= 4 is 22.0 Å². The van der Waals surface area contributed by atoms with E-state index < -0.39 is 28.4 Å². The standard InChI is InChI=1S/C10H21NOS.C8H5F3N2O/c1-9(2)13(12)11-8-10-6-4-3-5-7-10;9-8(10,11)4-1-2-5-6(3-4)13-7(14)12-5/h9-11H,3-8H2,1-2H3;1-3H,(H2,12,13,14). The summed E-state index contributed by atoms with van der Waals surface area (Å²) in [4.78, 5) is 15.4. The lowest BCUT2D eigenvalue weighted by Crippen LogP contribution is -2.30. The molecule has 5 nitrogen and oxygen atoms in total. The fourth-order valence-corrected chi connectivity index (χ4v) is 3.70. The number of H-pyrrole nitrogens is 2. The number of nitrogens with one attached hydrogen (secondary N) is 3. The Hall–Kier alpha value is -1.61. The van der Waals surface area contributed by atoms with Crippen molar-refractivity contribution in [1.82, 2.24) is 14.7 Å². The Kier molecular flexibility index (Phi) is 7.67. The molecule has 2 aromatic rings. The molecule has 1 heterocycles. The van der Waals surface area contributed by atoms with E-state index in [9.17, 15) is 22.2 Å². The first-order valence-corrected chi connectivity index (χ1v) is 10.3. The second kappa shape index (κ2) is 9.54. The lowest BCUT2D eigenvalue weighted by Gasteiger charge is -2.21. The Morgan fingerprint density at radius 3 is 2.37 bits per heavy atom. The molecular weight excluding hydrogens is 379 g/mol. The first-order chi connectivity index (χ1) is 12.7. The van der Waals surface area contributed by atoms with E-state index >= 15 is 0 Å². The Morgan fingerprint density at radius 1 is 1.15 bits per heavy atom. The first kappa shape index (κ1) is 21.7. The summed E-state index contributed by atoms with van der Waals surface area (Å²) in [5.74, 6) is 0.774. The summed E-state index contributed by atoms with van der Waals surface area (Å²) in [5, 5.41) is 0.239. The van der Waals surface area contributed by atoms with Gasteiger partial charge >= 0.3 is 11.9 Å². The minimum absolute atomic E-state index is 0.157. The number of rotatable bonds is 4. The molecule has 3 rings (SSSR count). The van der Waals surface area contributed by atoms with Gasteiger partial charge in [0.2, 0.25) is 0 Å². The molecule has 1 saturated carbocycles. The van der Waals surface area contributed by atoms with Crippen LogP contribution in [0.4, 0.5) is 13.2 Å². The molecule has 1 fully saturated rings. The number of aromatic nitrogens is 2. The van der Waals surface area contributed by atoms with Gasteiger partial charge in [-0.25, -0.2) is 13.7 Å². The molecule has 0 spiro atoms. The largest absolute Gasteiger partial charge is 0.416 e. The van der Waals surface area contributed by atoms with Crippen molar-refractivity contribution in [3.8, 4) is 0 Å². The molecule has 152 valence electrons. The van der Waals surface area contributed by atoms with Gasteiger partial charge in [0.25, 0.3) is 0 Å². The van der Waals surface area contributed by atoms with E-state index in [1.54, 1.807) is 0 Å². The van der Waals surface area contributed by atoms with Crippen LogP contribution < -0.4 is 10.4 Å². The number of benzene rings is 1. The highest BCUT2D eigenvalue weighted by Crippen LogP contribution is 2.30. The van der Waals surface area contributed by atoms with Gasteiger partial charge in [-0.05, 0) is 50.8 Å². The number of alkyl halides is 3. The zero-order valence-corrected chi connectivity index (χ0v) is 16.3. The summed E-state index contributed by atoms with van der Waals surface area (Å²) in [5.41, 5.74) is -0.771. The highest BCUT2D eigenvalue weighted by molar-refractivity contribution is 7.83. The number of halogens is 3. The summed E-state index contributed by atoms with van der Waals surface area (Å²) in [6, 6.07) is 3.04.